The Balaban J connectivity index is 1.88. The molecule has 0 spiro atoms. The fourth-order valence-corrected chi connectivity index (χ4v) is 2.14. The maximum Gasteiger partial charge on any atom is 0.315 e. The number of carbonyl (C=O) groups excluding carboxylic acids is 2. The van der Waals surface area contributed by atoms with E-state index in [1.165, 1.54) is 6.92 Å². The zero-order valence-electron chi connectivity index (χ0n) is 13.4. The van der Waals surface area contributed by atoms with Gasteiger partial charge in [0.05, 0.1) is 0 Å². The van der Waals surface area contributed by atoms with Crippen molar-refractivity contribution in [1.82, 2.24) is 10.6 Å². The highest BCUT2D eigenvalue weighted by atomic mass is 16.2. The van der Waals surface area contributed by atoms with Crippen LogP contribution in [-0.2, 0) is 4.79 Å². The van der Waals surface area contributed by atoms with Crippen molar-refractivity contribution in [2.24, 2.45) is 0 Å². The van der Waals surface area contributed by atoms with Crippen LogP contribution in [0.2, 0.25) is 0 Å². The predicted octanol–water partition coefficient (Wildman–Crippen LogP) is 1.57. The summed E-state index contributed by atoms with van der Waals surface area (Å²) in [5.74, 6) is -0.0398. The maximum absolute atomic E-state index is 11.8. The Kier molecular flexibility index (Phi) is 5.25. The molecule has 1 aliphatic rings. The number of hydrogen-bond acceptors (Lipinski definition) is 3. The van der Waals surface area contributed by atoms with Crippen LogP contribution >= 0.6 is 0 Å². The van der Waals surface area contributed by atoms with E-state index in [9.17, 15) is 9.59 Å². The summed E-state index contributed by atoms with van der Waals surface area (Å²) in [6.07, 6.45) is 2.12. The van der Waals surface area contributed by atoms with E-state index in [0.29, 0.717) is 19.1 Å². The molecule has 2 rings (SSSR count). The molecule has 0 radical (unpaired) electrons. The monoisotopic (exact) mass is 304 g/mol. The molecule has 0 bridgehead atoms. The number of benzene rings is 1. The second-order valence-electron chi connectivity index (χ2n) is 5.76. The molecule has 1 aliphatic carbocycles. The number of carbonyl (C=O) groups is 2. The molecular formula is C16H24N4O2. The van der Waals surface area contributed by atoms with Crippen LogP contribution in [0.4, 0.5) is 16.2 Å². The average Bonchev–Trinajstić information content (AvgIpc) is 3.27. The average molecular weight is 304 g/mol. The standard InChI is InChI=1S/C16H24N4O2/c1-12(21)20(11-10-17-16(22)18-13-4-5-13)15-8-6-14(7-9-15)19(2)3/h6-9,13H,4-5,10-11H2,1-3H3,(H2,17,18,22). The van der Waals surface area contributed by atoms with E-state index in [1.54, 1.807) is 4.90 Å². The van der Waals surface area contributed by atoms with Gasteiger partial charge in [0.15, 0.2) is 0 Å². The van der Waals surface area contributed by atoms with Crippen LogP contribution in [0.5, 0.6) is 0 Å². The molecule has 1 aromatic carbocycles. The number of rotatable bonds is 6. The van der Waals surface area contributed by atoms with Gasteiger partial charge >= 0.3 is 6.03 Å². The lowest BCUT2D eigenvalue weighted by Crippen LogP contribution is -2.42. The minimum atomic E-state index is -0.158. The van der Waals surface area contributed by atoms with Gasteiger partial charge in [-0.2, -0.15) is 0 Å². The normalized spacial score (nSPS) is 13.4. The topological polar surface area (TPSA) is 64.7 Å². The molecule has 0 aromatic heterocycles. The van der Waals surface area contributed by atoms with Gasteiger partial charge in [-0.3, -0.25) is 4.79 Å². The second-order valence-corrected chi connectivity index (χ2v) is 5.76. The molecule has 2 N–H and O–H groups in total. The van der Waals surface area contributed by atoms with Gasteiger partial charge in [-0.1, -0.05) is 0 Å². The van der Waals surface area contributed by atoms with Crippen LogP contribution in [0.15, 0.2) is 24.3 Å². The van der Waals surface area contributed by atoms with Crippen molar-refractivity contribution in [2.45, 2.75) is 25.8 Å². The zero-order chi connectivity index (χ0) is 16.1. The summed E-state index contributed by atoms with van der Waals surface area (Å²) in [7, 11) is 3.94. The van der Waals surface area contributed by atoms with Gasteiger partial charge in [-0.15, -0.1) is 0 Å². The number of hydrogen-bond donors (Lipinski definition) is 2. The molecule has 0 unspecified atom stereocenters. The molecule has 22 heavy (non-hydrogen) atoms. The van der Waals surface area contributed by atoms with E-state index in [4.69, 9.17) is 0 Å². The van der Waals surface area contributed by atoms with Crippen LogP contribution in [0, 0.1) is 0 Å². The summed E-state index contributed by atoms with van der Waals surface area (Å²) in [5, 5.41) is 5.64. The van der Waals surface area contributed by atoms with Crippen LogP contribution in [-0.4, -0.2) is 45.2 Å². The summed E-state index contributed by atoms with van der Waals surface area (Å²) in [6.45, 7) is 2.41. The minimum absolute atomic E-state index is 0.0398. The van der Waals surface area contributed by atoms with E-state index < -0.39 is 0 Å². The van der Waals surface area contributed by atoms with Crippen molar-refractivity contribution in [2.75, 3.05) is 37.0 Å². The Hall–Kier alpha value is -2.24. The minimum Gasteiger partial charge on any atom is -0.378 e. The molecule has 6 heteroatoms. The lowest BCUT2D eigenvalue weighted by atomic mass is 10.2. The highest BCUT2D eigenvalue weighted by molar-refractivity contribution is 5.91. The largest absolute Gasteiger partial charge is 0.378 e. The van der Waals surface area contributed by atoms with Gasteiger partial charge in [0.1, 0.15) is 0 Å². The predicted molar refractivity (Wildman–Crippen MR) is 88.4 cm³/mol. The molecule has 0 heterocycles. The third-order valence-electron chi connectivity index (χ3n) is 3.59. The lowest BCUT2D eigenvalue weighted by molar-refractivity contribution is -0.116. The first kappa shape index (κ1) is 16.1. The molecule has 1 aromatic rings. The fraction of sp³-hybridized carbons (Fsp3) is 0.500. The zero-order valence-corrected chi connectivity index (χ0v) is 13.4. The summed E-state index contributed by atoms with van der Waals surface area (Å²) in [6, 6.07) is 7.95. The van der Waals surface area contributed by atoms with Crippen LogP contribution in [0.3, 0.4) is 0 Å². The number of anilines is 2. The lowest BCUT2D eigenvalue weighted by Gasteiger charge is -2.22. The molecular weight excluding hydrogens is 280 g/mol. The number of urea groups is 1. The van der Waals surface area contributed by atoms with E-state index in [0.717, 1.165) is 24.2 Å². The Morgan fingerprint density at radius 3 is 2.23 bits per heavy atom. The second kappa shape index (κ2) is 7.15. The summed E-state index contributed by atoms with van der Waals surface area (Å²) < 4.78 is 0. The van der Waals surface area contributed by atoms with Gasteiger partial charge in [0.2, 0.25) is 5.91 Å². The van der Waals surface area contributed by atoms with Gasteiger partial charge < -0.3 is 20.4 Å². The number of nitrogens with zero attached hydrogens (tertiary/aromatic N) is 2. The Labute approximate surface area is 131 Å². The summed E-state index contributed by atoms with van der Waals surface area (Å²) in [5.41, 5.74) is 1.91. The number of amides is 3. The fourth-order valence-electron chi connectivity index (χ4n) is 2.14. The van der Waals surface area contributed by atoms with Crippen molar-refractivity contribution in [3.8, 4) is 0 Å². The molecule has 0 aliphatic heterocycles. The summed E-state index contributed by atoms with van der Waals surface area (Å²) >= 11 is 0. The van der Waals surface area contributed by atoms with Crippen molar-refractivity contribution in [3.05, 3.63) is 24.3 Å². The molecule has 3 amide bonds. The highest BCUT2D eigenvalue weighted by Crippen LogP contribution is 2.20. The first-order valence-corrected chi connectivity index (χ1v) is 7.57. The van der Waals surface area contributed by atoms with Gasteiger partial charge in [0.25, 0.3) is 0 Å². The molecule has 6 nitrogen and oxygen atoms in total. The van der Waals surface area contributed by atoms with Crippen molar-refractivity contribution >= 4 is 23.3 Å². The van der Waals surface area contributed by atoms with Crippen molar-refractivity contribution < 1.29 is 9.59 Å². The SMILES string of the molecule is CC(=O)N(CCNC(=O)NC1CC1)c1ccc(N(C)C)cc1. The summed E-state index contributed by atoms with van der Waals surface area (Å²) in [4.78, 5) is 27.1. The van der Waals surface area contributed by atoms with Gasteiger partial charge in [-0.05, 0) is 37.1 Å². The highest BCUT2D eigenvalue weighted by Gasteiger charge is 2.23. The Morgan fingerprint density at radius 2 is 1.73 bits per heavy atom. The van der Waals surface area contributed by atoms with E-state index in [-0.39, 0.29) is 11.9 Å². The Morgan fingerprint density at radius 1 is 1.14 bits per heavy atom. The number of nitrogens with one attached hydrogen (secondary N) is 2. The first-order valence-electron chi connectivity index (χ1n) is 7.57. The van der Waals surface area contributed by atoms with Crippen LogP contribution in [0.1, 0.15) is 19.8 Å². The third-order valence-corrected chi connectivity index (χ3v) is 3.59. The molecule has 1 saturated carbocycles. The Bertz CT molecular complexity index is 523. The third kappa shape index (κ3) is 4.65. The molecule has 0 atom stereocenters. The van der Waals surface area contributed by atoms with Crippen molar-refractivity contribution in [1.29, 1.82) is 0 Å². The van der Waals surface area contributed by atoms with Crippen LogP contribution < -0.4 is 20.4 Å². The van der Waals surface area contributed by atoms with Crippen molar-refractivity contribution in [3.63, 3.8) is 0 Å². The van der Waals surface area contributed by atoms with Gasteiger partial charge in [0, 0.05) is 51.5 Å². The van der Waals surface area contributed by atoms with E-state index in [1.807, 2.05) is 43.3 Å². The molecule has 0 saturated heterocycles. The van der Waals surface area contributed by atoms with E-state index >= 15 is 0 Å². The van der Waals surface area contributed by atoms with E-state index in [2.05, 4.69) is 10.6 Å². The molecule has 1 fully saturated rings. The van der Waals surface area contributed by atoms with Gasteiger partial charge in [-0.25, -0.2) is 4.79 Å². The van der Waals surface area contributed by atoms with Crippen LogP contribution in [0.25, 0.3) is 0 Å². The smallest absolute Gasteiger partial charge is 0.315 e. The maximum atomic E-state index is 11.8. The first-order chi connectivity index (χ1) is 10.5. The molecule has 120 valence electrons. The quantitative estimate of drug-likeness (QED) is 0.838.